The number of aliphatic carboxylic acids is 1. The molecule has 0 saturated carbocycles. The van der Waals surface area contributed by atoms with E-state index in [2.05, 4.69) is 29.5 Å². The molecule has 0 bridgehead atoms. The first-order valence-corrected chi connectivity index (χ1v) is 7.11. The fourth-order valence-electron chi connectivity index (χ4n) is 1.80. The number of anilines is 1. The molecule has 1 atom stereocenters. The summed E-state index contributed by atoms with van der Waals surface area (Å²) in [6.45, 7) is 6.27. The zero-order chi connectivity index (χ0) is 15.8. The maximum Gasteiger partial charge on any atom is 0.319 e. The monoisotopic (exact) mass is 293 g/mol. The van der Waals surface area contributed by atoms with Crippen molar-refractivity contribution in [1.29, 1.82) is 0 Å². The van der Waals surface area contributed by atoms with Gasteiger partial charge in [-0.05, 0) is 37.8 Å². The van der Waals surface area contributed by atoms with Crippen LogP contribution in [0.3, 0.4) is 0 Å². The molecule has 0 radical (unpaired) electrons. The number of urea groups is 1. The van der Waals surface area contributed by atoms with Gasteiger partial charge in [-0.1, -0.05) is 13.8 Å². The summed E-state index contributed by atoms with van der Waals surface area (Å²) < 4.78 is 0. The molecule has 0 saturated heterocycles. The van der Waals surface area contributed by atoms with Gasteiger partial charge in [-0.2, -0.15) is 0 Å². The van der Waals surface area contributed by atoms with Crippen molar-refractivity contribution in [2.24, 2.45) is 5.92 Å². The van der Waals surface area contributed by atoms with Gasteiger partial charge in [0, 0.05) is 6.04 Å². The first kappa shape index (κ1) is 16.9. The van der Waals surface area contributed by atoms with Gasteiger partial charge in [0.1, 0.15) is 0 Å². The lowest BCUT2D eigenvalue weighted by Gasteiger charge is -2.15. The molecule has 3 N–H and O–H groups in total. The minimum atomic E-state index is -0.931. The van der Waals surface area contributed by atoms with Crippen LogP contribution >= 0.6 is 0 Å². The molecule has 1 rings (SSSR count). The summed E-state index contributed by atoms with van der Waals surface area (Å²) in [5.74, 6) is -0.316. The van der Waals surface area contributed by atoms with E-state index in [-0.39, 0.29) is 18.5 Å². The van der Waals surface area contributed by atoms with Crippen molar-refractivity contribution in [2.45, 2.75) is 46.1 Å². The molecule has 1 aromatic rings. The number of hydrogen-bond donors (Lipinski definition) is 3. The van der Waals surface area contributed by atoms with Crippen LogP contribution in [-0.4, -0.2) is 28.1 Å². The highest BCUT2D eigenvalue weighted by Gasteiger charge is 2.09. The van der Waals surface area contributed by atoms with Gasteiger partial charge in [-0.3, -0.25) is 9.78 Å². The Morgan fingerprint density at radius 2 is 1.95 bits per heavy atom. The van der Waals surface area contributed by atoms with E-state index < -0.39 is 5.97 Å². The molecule has 0 aliphatic heterocycles. The van der Waals surface area contributed by atoms with Gasteiger partial charge in [0.25, 0.3) is 0 Å². The van der Waals surface area contributed by atoms with Crippen molar-refractivity contribution >= 4 is 17.7 Å². The van der Waals surface area contributed by atoms with E-state index >= 15 is 0 Å². The van der Waals surface area contributed by atoms with E-state index in [1.165, 1.54) is 6.20 Å². The Kier molecular flexibility index (Phi) is 6.65. The van der Waals surface area contributed by atoms with Crippen molar-refractivity contribution in [3.63, 3.8) is 0 Å². The first-order chi connectivity index (χ1) is 9.86. The van der Waals surface area contributed by atoms with Gasteiger partial charge >= 0.3 is 12.0 Å². The molecule has 0 fully saturated rings. The molecule has 0 aliphatic carbocycles. The molecule has 1 aromatic heterocycles. The summed E-state index contributed by atoms with van der Waals surface area (Å²) in [5, 5.41) is 14.2. The average molecular weight is 293 g/mol. The van der Waals surface area contributed by atoms with E-state index in [0.717, 1.165) is 12.8 Å². The third kappa shape index (κ3) is 7.29. The first-order valence-electron chi connectivity index (χ1n) is 7.11. The molecular weight excluding hydrogens is 270 g/mol. The Hall–Kier alpha value is -2.11. The second kappa shape index (κ2) is 8.24. The normalized spacial score (nSPS) is 12.0. The third-order valence-electron chi connectivity index (χ3n) is 2.97. The zero-order valence-corrected chi connectivity index (χ0v) is 12.7. The minimum Gasteiger partial charge on any atom is -0.481 e. The molecule has 21 heavy (non-hydrogen) atoms. The standard InChI is InChI=1S/C15H23N3O3/c1-10(2)4-5-11(3)17-15(21)18-13-7-6-12(16-9-13)8-14(19)20/h6-7,9-11H,4-5,8H2,1-3H3,(H,19,20)(H2,17,18,21). The van der Waals surface area contributed by atoms with Crippen LogP contribution in [0.4, 0.5) is 10.5 Å². The molecule has 6 nitrogen and oxygen atoms in total. The SMILES string of the molecule is CC(C)CCC(C)NC(=O)Nc1ccc(CC(=O)O)nc1. The summed E-state index contributed by atoms with van der Waals surface area (Å²) in [6, 6.07) is 3.06. The Morgan fingerprint density at radius 3 is 2.48 bits per heavy atom. The predicted molar refractivity (Wildman–Crippen MR) is 81.3 cm³/mol. The number of hydrogen-bond acceptors (Lipinski definition) is 3. The van der Waals surface area contributed by atoms with Crippen molar-refractivity contribution in [1.82, 2.24) is 10.3 Å². The number of carboxylic acids is 1. The van der Waals surface area contributed by atoms with Crippen LogP contribution in [0, 0.1) is 5.92 Å². The van der Waals surface area contributed by atoms with Crippen LogP contribution < -0.4 is 10.6 Å². The Labute approximate surface area is 125 Å². The number of carbonyl (C=O) groups is 2. The maximum atomic E-state index is 11.8. The molecule has 0 aliphatic rings. The molecule has 0 aromatic carbocycles. The van der Waals surface area contributed by atoms with Gasteiger partial charge in [-0.25, -0.2) is 4.79 Å². The van der Waals surface area contributed by atoms with E-state index in [1.807, 2.05) is 6.92 Å². The van der Waals surface area contributed by atoms with Crippen LogP contribution in [0.25, 0.3) is 0 Å². The largest absolute Gasteiger partial charge is 0.481 e. The predicted octanol–water partition coefficient (Wildman–Crippen LogP) is 2.65. The van der Waals surface area contributed by atoms with Crippen LogP contribution in [-0.2, 0) is 11.2 Å². The molecular formula is C15H23N3O3. The number of rotatable bonds is 7. The molecule has 1 unspecified atom stereocenters. The van der Waals surface area contributed by atoms with E-state index in [9.17, 15) is 9.59 Å². The van der Waals surface area contributed by atoms with Crippen LogP contribution in [0.15, 0.2) is 18.3 Å². The van der Waals surface area contributed by atoms with Crippen LogP contribution in [0.5, 0.6) is 0 Å². The molecule has 116 valence electrons. The lowest BCUT2D eigenvalue weighted by Crippen LogP contribution is -2.36. The molecule has 0 spiro atoms. The number of pyridine rings is 1. The van der Waals surface area contributed by atoms with Crippen molar-refractivity contribution in [2.75, 3.05) is 5.32 Å². The van der Waals surface area contributed by atoms with Gasteiger partial charge in [-0.15, -0.1) is 0 Å². The van der Waals surface area contributed by atoms with Gasteiger partial charge in [0.15, 0.2) is 0 Å². The van der Waals surface area contributed by atoms with Crippen molar-refractivity contribution < 1.29 is 14.7 Å². The number of carbonyl (C=O) groups excluding carboxylic acids is 1. The molecule has 1 heterocycles. The van der Waals surface area contributed by atoms with E-state index in [0.29, 0.717) is 17.3 Å². The summed E-state index contributed by atoms with van der Waals surface area (Å²) in [4.78, 5) is 26.3. The van der Waals surface area contributed by atoms with E-state index in [1.54, 1.807) is 12.1 Å². The molecule has 2 amide bonds. The van der Waals surface area contributed by atoms with Crippen LogP contribution in [0.1, 0.15) is 39.3 Å². The van der Waals surface area contributed by atoms with Crippen molar-refractivity contribution in [3.05, 3.63) is 24.0 Å². The molecule has 6 heteroatoms. The van der Waals surface area contributed by atoms with Crippen LogP contribution in [0.2, 0.25) is 0 Å². The fraction of sp³-hybridized carbons (Fsp3) is 0.533. The fourth-order valence-corrected chi connectivity index (χ4v) is 1.80. The lowest BCUT2D eigenvalue weighted by molar-refractivity contribution is -0.136. The number of amides is 2. The van der Waals surface area contributed by atoms with Crippen molar-refractivity contribution in [3.8, 4) is 0 Å². The maximum absolute atomic E-state index is 11.8. The highest BCUT2D eigenvalue weighted by atomic mass is 16.4. The number of aromatic nitrogens is 1. The van der Waals surface area contributed by atoms with Gasteiger partial charge in [0.2, 0.25) is 0 Å². The highest BCUT2D eigenvalue weighted by molar-refractivity contribution is 5.89. The second-order valence-corrected chi connectivity index (χ2v) is 5.58. The summed E-state index contributed by atoms with van der Waals surface area (Å²) in [7, 11) is 0. The summed E-state index contributed by atoms with van der Waals surface area (Å²) in [5.41, 5.74) is 0.997. The Balaban J connectivity index is 2.42. The second-order valence-electron chi connectivity index (χ2n) is 5.58. The van der Waals surface area contributed by atoms with Gasteiger partial charge in [0.05, 0.1) is 24.0 Å². The number of nitrogens with one attached hydrogen (secondary N) is 2. The topological polar surface area (TPSA) is 91.3 Å². The quantitative estimate of drug-likeness (QED) is 0.720. The Bertz CT molecular complexity index is 472. The lowest BCUT2D eigenvalue weighted by atomic mass is 10.0. The zero-order valence-electron chi connectivity index (χ0n) is 12.7. The minimum absolute atomic E-state index is 0.103. The average Bonchev–Trinajstić information content (AvgIpc) is 2.38. The van der Waals surface area contributed by atoms with Gasteiger partial charge < -0.3 is 15.7 Å². The van der Waals surface area contributed by atoms with E-state index in [4.69, 9.17) is 5.11 Å². The smallest absolute Gasteiger partial charge is 0.319 e. The Morgan fingerprint density at radius 1 is 1.24 bits per heavy atom. The number of nitrogens with zero attached hydrogens (tertiary/aromatic N) is 1. The summed E-state index contributed by atoms with van der Waals surface area (Å²) in [6.07, 6.45) is 3.32. The summed E-state index contributed by atoms with van der Waals surface area (Å²) >= 11 is 0. The third-order valence-corrected chi connectivity index (χ3v) is 2.97. The highest BCUT2D eigenvalue weighted by Crippen LogP contribution is 2.08. The number of carboxylic acid groups (broad SMARTS) is 1.